The van der Waals surface area contributed by atoms with Crippen molar-refractivity contribution in [2.75, 3.05) is 0 Å². The molecule has 0 saturated heterocycles. The number of benzene rings is 1. The molecular weight excluding hydrogens is 236 g/mol. The maximum atomic E-state index is 3.45. The Morgan fingerprint density at radius 3 is 2.57 bits per heavy atom. The van der Waals surface area contributed by atoms with Gasteiger partial charge < -0.3 is 0 Å². The molecular formula is C13H13Br. The van der Waals surface area contributed by atoms with Gasteiger partial charge in [0.05, 0.1) is 0 Å². The van der Waals surface area contributed by atoms with E-state index in [4.69, 9.17) is 0 Å². The Labute approximate surface area is 93.5 Å². The largest absolute Gasteiger partial charge is 0.0836 e. The molecule has 1 aromatic carbocycles. The molecule has 1 atom stereocenters. The van der Waals surface area contributed by atoms with Gasteiger partial charge >= 0.3 is 0 Å². The Bertz CT molecular complexity index is 371. The SMILES string of the molecule is CC1=CC(c2ccc(Br)cc2)C=CC1. The minimum Gasteiger partial charge on any atom is -0.0836 e. The molecule has 0 radical (unpaired) electrons. The molecule has 0 aromatic heterocycles. The molecule has 0 nitrogen and oxygen atoms in total. The van der Waals surface area contributed by atoms with Crippen LogP contribution < -0.4 is 0 Å². The fraction of sp³-hybridized carbons (Fsp3) is 0.231. The molecule has 1 aromatic rings. The molecule has 0 amide bonds. The van der Waals surface area contributed by atoms with Gasteiger partial charge in [0.25, 0.3) is 0 Å². The molecule has 14 heavy (non-hydrogen) atoms. The minimum absolute atomic E-state index is 0.469. The predicted molar refractivity (Wildman–Crippen MR) is 64.4 cm³/mol. The lowest BCUT2D eigenvalue weighted by Crippen LogP contribution is -1.96. The zero-order chi connectivity index (χ0) is 9.97. The molecule has 0 heterocycles. The van der Waals surface area contributed by atoms with Gasteiger partial charge in [-0.15, -0.1) is 0 Å². The van der Waals surface area contributed by atoms with Crippen molar-refractivity contribution in [2.45, 2.75) is 19.3 Å². The number of rotatable bonds is 1. The Morgan fingerprint density at radius 1 is 1.21 bits per heavy atom. The van der Waals surface area contributed by atoms with Crippen LogP contribution in [-0.4, -0.2) is 0 Å². The summed E-state index contributed by atoms with van der Waals surface area (Å²) in [6, 6.07) is 8.55. The van der Waals surface area contributed by atoms with Crippen LogP contribution >= 0.6 is 15.9 Å². The van der Waals surface area contributed by atoms with Gasteiger partial charge in [0.15, 0.2) is 0 Å². The van der Waals surface area contributed by atoms with Gasteiger partial charge in [0.1, 0.15) is 0 Å². The second-order valence-electron chi connectivity index (χ2n) is 3.72. The Morgan fingerprint density at radius 2 is 1.93 bits per heavy atom. The van der Waals surface area contributed by atoms with Gasteiger partial charge in [-0.1, -0.05) is 51.9 Å². The third kappa shape index (κ3) is 2.16. The van der Waals surface area contributed by atoms with Crippen LogP contribution in [0, 0.1) is 0 Å². The Balaban J connectivity index is 2.27. The van der Waals surface area contributed by atoms with Gasteiger partial charge in [-0.05, 0) is 31.0 Å². The number of allylic oxidation sites excluding steroid dienone is 4. The predicted octanol–water partition coefficient (Wildman–Crippen LogP) is 4.44. The first-order valence-electron chi connectivity index (χ1n) is 4.85. The van der Waals surface area contributed by atoms with E-state index in [2.05, 4.69) is 65.3 Å². The van der Waals surface area contributed by atoms with Crippen molar-refractivity contribution < 1.29 is 0 Å². The second kappa shape index (κ2) is 4.14. The first kappa shape index (κ1) is 9.72. The molecule has 0 aliphatic heterocycles. The summed E-state index contributed by atoms with van der Waals surface area (Å²) in [5.74, 6) is 0.469. The molecule has 1 aliphatic carbocycles. The lowest BCUT2D eigenvalue weighted by Gasteiger charge is -2.14. The summed E-state index contributed by atoms with van der Waals surface area (Å²) >= 11 is 3.45. The molecule has 0 N–H and O–H groups in total. The highest BCUT2D eigenvalue weighted by Gasteiger charge is 2.07. The van der Waals surface area contributed by atoms with Gasteiger partial charge in [-0.25, -0.2) is 0 Å². The minimum atomic E-state index is 0.469. The van der Waals surface area contributed by atoms with E-state index in [1.165, 1.54) is 11.1 Å². The summed E-state index contributed by atoms with van der Waals surface area (Å²) in [7, 11) is 0. The van der Waals surface area contributed by atoms with Crippen molar-refractivity contribution >= 4 is 15.9 Å². The molecule has 0 bridgehead atoms. The standard InChI is InChI=1S/C13H13Br/c1-10-3-2-4-12(9-10)11-5-7-13(14)8-6-11/h2,4-9,12H,3H2,1H3. The number of hydrogen-bond acceptors (Lipinski definition) is 0. The topological polar surface area (TPSA) is 0 Å². The maximum Gasteiger partial charge on any atom is 0.0201 e. The van der Waals surface area contributed by atoms with E-state index in [1.807, 2.05) is 0 Å². The molecule has 0 saturated carbocycles. The first-order chi connectivity index (χ1) is 6.75. The summed E-state index contributed by atoms with van der Waals surface area (Å²) < 4.78 is 1.14. The van der Waals surface area contributed by atoms with Crippen LogP contribution in [0.2, 0.25) is 0 Å². The van der Waals surface area contributed by atoms with Crippen LogP contribution in [0.4, 0.5) is 0 Å². The van der Waals surface area contributed by atoms with Crippen molar-refractivity contribution in [3.63, 3.8) is 0 Å². The Hall–Kier alpha value is -0.820. The second-order valence-corrected chi connectivity index (χ2v) is 4.64. The molecule has 0 fully saturated rings. The fourth-order valence-electron chi connectivity index (χ4n) is 1.72. The zero-order valence-corrected chi connectivity index (χ0v) is 9.79. The van der Waals surface area contributed by atoms with E-state index in [9.17, 15) is 0 Å². The van der Waals surface area contributed by atoms with Crippen molar-refractivity contribution in [2.24, 2.45) is 0 Å². The van der Waals surface area contributed by atoms with Gasteiger partial charge in [-0.3, -0.25) is 0 Å². The summed E-state index contributed by atoms with van der Waals surface area (Å²) in [6.45, 7) is 2.19. The van der Waals surface area contributed by atoms with E-state index in [1.54, 1.807) is 0 Å². The van der Waals surface area contributed by atoms with Crippen molar-refractivity contribution in [1.82, 2.24) is 0 Å². The fourth-order valence-corrected chi connectivity index (χ4v) is 1.99. The monoisotopic (exact) mass is 248 g/mol. The van der Waals surface area contributed by atoms with Crippen LogP contribution in [0.5, 0.6) is 0 Å². The molecule has 1 unspecified atom stereocenters. The van der Waals surface area contributed by atoms with Crippen LogP contribution in [0.25, 0.3) is 0 Å². The van der Waals surface area contributed by atoms with Crippen LogP contribution in [0.1, 0.15) is 24.8 Å². The summed E-state index contributed by atoms with van der Waals surface area (Å²) in [5.41, 5.74) is 2.82. The number of hydrogen-bond donors (Lipinski definition) is 0. The van der Waals surface area contributed by atoms with Crippen LogP contribution in [0.3, 0.4) is 0 Å². The normalized spacial score (nSPS) is 20.7. The summed E-state index contributed by atoms with van der Waals surface area (Å²) in [5, 5.41) is 0. The van der Waals surface area contributed by atoms with Gasteiger partial charge in [0, 0.05) is 10.4 Å². The van der Waals surface area contributed by atoms with Crippen LogP contribution in [0.15, 0.2) is 52.5 Å². The highest BCUT2D eigenvalue weighted by atomic mass is 79.9. The number of halogens is 1. The van der Waals surface area contributed by atoms with E-state index in [0.717, 1.165) is 10.9 Å². The van der Waals surface area contributed by atoms with Crippen LogP contribution in [-0.2, 0) is 0 Å². The van der Waals surface area contributed by atoms with Crippen molar-refractivity contribution in [3.8, 4) is 0 Å². The third-order valence-corrected chi connectivity index (χ3v) is 3.03. The van der Waals surface area contributed by atoms with Gasteiger partial charge in [0.2, 0.25) is 0 Å². The van der Waals surface area contributed by atoms with E-state index >= 15 is 0 Å². The van der Waals surface area contributed by atoms with Gasteiger partial charge in [-0.2, -0.15) is 0 Å². The average molecular weight is 249 g/mol. The highest BCUT2D eigenvalue weighted by Crippen LogP contribution is 2.26. The zero-order valence-electron chi connectivity index (χ0n) is 8.20. The molecule has 1 heteroatoms. The first-order valence-corrected chi connectivity index (χ1v) is 5.64. The molecule has 2 rings (SSSR count). The lowest BCUT2D eigenvalue weighted by atomic mass is 9.92. The smallest absolute Gasteiger partial charge is 0.0201 e. The summed E-state index contributed by atoms with van der Waals surface area (Å²) in [6.07, 6.45) is 7.97. The van der Waals surface area contributed by atoms with E-state index < -0.39 is 0 Å². The highest BCUT2D eigenvalue weighted by molar-refractivity contribution is 9.10. The lowest BCUT2D eigenvalue weighted by molar-refractivity contribution is 0.992. The Kier molecular flexibility index (Phi) is 2.87. The quantitative estimate of drug-likeness (QED) is 0.645. The van der Waals surface area contributed by atoms with E-state index in [0.29, 0.717) is 5.92 Å². The molecule has 0 spiro atoms. The summed E-state index contributed by atoms with van der Waals surface area (Å²) in [4.78, 5) is 0. The van der Waals surface area contributed by atoms with Crippen molar-refractivity contribution in [3.05, 3.63) is 58.1 Å². The van der Waals surface area contributed by atoms with E-state index in [-0.39, 0.29) is 0 Å². The van der Waals surface area contributed by atoms with Crippen molar-refractivity contribution in [1.29, 1.82) is 0 Å². The average Bonchev–Trinajstić information content (AvgIpc) is 2.19. The third-order valence-electron chi connectivity index (χ3n) is 2.50. The molecule has 72 valence electrons. The maximum absolute atomic E-state index is 3.45. The molecule has 1 aliphatic rings.